The molecule has 0 spiro atoms. The van der Waals surface area contributed by atoms with Gasteiger partial charge in [0.1, 0.15) is 5.82 Å². The lowest BCUT2D eigenvalue weighted by molar-refractivity contribution is 0.797. The Hall–Kier alpha value is -1.95. The maximum Gasteiger partial charge on any atom is 0.254 e. The average Bonchev–Trinajstić information content (AvgIpc) is 3.07. The summed E-state index contributed by atoms with van der Waals surface area (Å²) in [6.07, 6.45) is 0. The number of hydrogen-bond donors (Lipinski definition) is 0. The molecule has 0 aromatic carbocycles. The Morgan fingerprint density at radius 2 is 2.05 bits per heavy atom. The van der Waals surface area contributed by atoms with Crippen molar-refractivity contribution in [1.29, 1.82) is 0 Å². The van der Waals surface area contributed by atoms with Crippen LogP contribution in [0, 0.1) is 6.92 Å². The summed E-state index contributed by atoms with van der Waals surface area (Å²) in [5.41, 5.74) is 0.963. The summed E-state index contributed by atoms with van der Waals surface area (Å²) >= 11 is 1.64. The molecule has 0 bridgehead atoms. The molecule has 0 atom stereocenters. The maximum atomic E-state index is 4.62. The minimum Gasteiger partial charge on any atom is -0.357 e. The number of nitrogens with zero attached hydrogens (tertiary/aromatic N) is 5. The highest BCUT2D eigenvalue weighted by Gasteiger charge is 2.14. The van der Waals surface area contributed by atoms with Crippen LogP contribution in [-0.2, 0) is 0 Å². The molecule has 0 aliphatic heterocycles. The summed E-state index contributed by atoms with van der Waals surface area (Å²) in [5, 5.41) is 6.66. The van der Waals surface area contributed by atoms with E-state index in [4.69, 9.17) is 0 Å². The standard InChI is InChI=1S/C14H17N5S/c1-4-18(5-2)12-9-10(3)15-14-16-13(17-19(12)14)11-7-6-8-20-11/h6-9H,4-5H2,1-3H3. The van der Waals surface area contributed by atoms with Crippen molar-refractivity contribution in [3.63, 3.8) is 0 Å². The topological polar surface area (TPSA) is 46.3 Å². The van der Waals surface area contributed by atoms with Gasteiger partial charge in [-0.1, -0.05) is 6.07 Å². The molecule has 5 nitrogen and oxygen atoms in total. The minimum absolute atomic E-state index is 0.662. The van der Waals surface area contributed by atoms with Crippen LogP contribution in [0.4, 0.5) is 5.82 Å². The predicted molar refractivity (Wildman–Crippen MR) is 82.4 cm³/mol. The molecule has 6 heteroatoms. The van der Waals surface area contributed by atoms with Crippen LogP contribution in [0.1, 0.15) is 19.5 Å². The molecule has 0 aliphatic rings. The number of hydrogen-bond acceptors (Lipinski definition) is 5. The third-order valence-corrected chi connectivity index (χ3v) is 4.12. The zero-order valence-corrected chi connectivity index (χ0v) is 12.7. The Bertz CT molecular complexity index is 713. The quantitative estimate of drug-likeness (QED) is 0.740. The van der Waals surface area contributed by atoms with E-state index in [1.165, 1.54) is 0 Å². The van der Waals surface area contributed by atoms with Gasteiger partial charge in [0.25, 0.3) is 5.78 Å². The fourth-order valence-corrected chi connectivity index (χ4v) is 2.90. The van der Waals surface area contributed by atoms with Gasteiger partial charge < -0.3 is 4.90 Å². The lowest BCUT2D eigenvalue weighted by Gasteiger charge is -2.21. The lowest BCUT2D eigenvalue weighted by atomic mass is 10.4. The van der Waals surface area contributed by atoms with Crippen LogP contribution >= 0.6 is 11.3 Å². The molecule has 0 aliphatic carbocycles. The number of thiophene rings is 1. The van der Waals surface area contributed by atoms with Crippen LogP contribution in [0.2, 0.25) is 0 Å². The van der Waals surface area contributed by atoms with E-state index in [0.717, 1.165) is 35.3 Å². The number of rotatable bonds is 4. The van der Waals surface area contributed by atoms with Crippen LogP contribution in [0.15, 0.2) is 23.6 Å². The van der Waals surface area contributed by atoms with E-state index in [0.29, 0.717) is 5.78 Å². The van der Waals surface area contributed by atoms with Crippen molar-refractivity contribution in [2.45, 2.75) is 20.8 Å². The van der Waals surface area contributed by atoms with Crippen LogP contribution in [0.5, 0.6) is 0 Å². The van der Waals surface area contributed by atoms with E-state index in [1.807, 2.05) is 29.0 Å². The van der Waals surface area contributed by atoms with Gasteiger partial charge >= 0.3 is 0 Å². The smallest absolute Gasteiger partial charge is 0.254 e. The molecule has 3 heterocycles. The monoisotopic (exact) mass is 287 g/mol. The first-order valence-corrected chi connectivity index (χ1v) is 7.64. The third kappa shape index (κ3) is 2.16. The Morgan fingerprint density at radius 3 is 2.70 bits per heavy atom. The van der Waals surface area contributed by atoms with Gasteiger partial charge in [0.15, 0.2) is 5.82 Å². The van der Waals surface area contributed by atoms with Crippen molar-refractivity contribution < 1.29 is 0 Å². The first-order chi connectivity index (χ1) is 9.72. The largest absolute Gasteiger partial charge is 0.357 e. The molecule has 3 aromatic heterocycles. The summed E-state index contributed by atoms with van der Waals surface area (Å²) in [4.78, 5) is 12.4. The van der Waals surface area contributed by atoms with Gasteiger partial charge in [-0.05, 0) is 32.2 Å². The summed E-state index contributed by atoms with van der Waals surface area (Å²) in [6.45, 7) is 8.14. The van der Waals surface area contributed by atoms with Gasteiger partial charge in [-0.2, -0.15) is 9.50 Å². The zero-order chi connectivity index (χ0) is 14.1. The second kappa shape index (κ2) is 5.20. The Labute approximate surface area is 121 Å². The van der Waals surface area contributed by atoms with Gasteiger partial charge in [0.05, 0.1) is 4.88 Å². The van der Waals surface area contributed by atoms with Gasteiger partial charge in [-0.25, -0.2) is 4.98 Å². The fraction of sp³-hybridized carbons (Fsp3) is 0.357. The molecule has 104 valence electrons. The summed E-state index contributed by atoms with van der Waals surface area (Å²) in [5.74, 6) is 2.45. The highest BCUT2D eigenvalue weighted by molar-refractivity contribution is 7.13. The molecular formula is C14H17N5S. The van der Waals surface area contributed by atoms with Gasteiger partial charge in [-0.15, -0.1) is 16.4 Å². The first-order valence-electron chi connectivity index (χ1n) is 6.76. The molecule has 20 heavy (non-hydrogen) atoms. The van der Waals surface area contributed by atoms with E-state index >= 15 is 0 Å². The van der Waals surface area contributed by atoms with Crippen LogP contribution in [-0.4, -0.2) is 32.7 Å². The summed E-state index contributed by atoms with van der Waals surface area (Å²) in [7, 11) is 0. The molecule has 0 saturated heterocycles. The third-order valence-electron chi connectivity index (χ3n) is 3.25. The highest BCUT2D eigenvalue weighted by Crippen LogP contribution is 2.23. The number of anilines is 1. The average molecular weight is 287 g/mol. The van der Waals surface area contributed by atoms with E-state index in [-0.39, 0.29) is 0 Å². The zero-order valence-electron chi connectivity index (χ0n) is 11.9. The van der Waals surface area contributed by atoms with Crippen molar-refractivity contribution in [3.05, 3.63) is 29.3 Å². The molecular weight excluding hydrogens is 270 g/mol. The fourth-order valence-electron chi connectivity index (χ4n) is 2.25. The Morgan fingerprint density at radius 1 is 1.25 bits per heavy atom. The molecule has 0 unspecified atom stereocenters. The minimum atomic E-state index is 0.662. The predicted octanol–water partition coefficient (Wildman–Crippen LogP) is 3.01. The maximum absolute atomic E-state index is 4.62. The molecule has 0 amide bonds. The molecule has 0 saturated carbocycles. The van der Waals surface area contributed by atoms with Crippen molar-refractivity contribution in [3.8, 4) is 10.7 Å². The number of aryl methyl sites for hydroxylation is 1. The van der Waals surface area contributed by atoms with Crippen molar-refractivity contribution in [1.82, 2.24) is 19.6 Å². The number of aromatic nitrogens is 4. The SMILES string of the molecule is CCN(CC)c1cc(C)nc2nc(-c3cccs3)nn12. The molecule has 3 aromatic rings. The number of fused-ring (bicyclic) bond motifs is 1. The Kier molecular flexibility index (Phi) is 3.40. The van der Waals surface area contributed by atoms with E-state index in [2.05, 4.69) is 39.9 Å². The lowest BCUT2D eigenvalue weighted by Crippen LogP contribution is -2.25. The summed E-state index contributed by atoms with van der Waals surface area (Å²) in [6, 6.07) is 6.10. The van der Waals surface area contributed by atoms with E-state index in [9.17, 15) is 0 Å². The van der Waals surface area contributed by atoms with Gasteiger partial charge in [0.2, 0.25) is 0 Å². The first kappa shape index (κ1) is 13.1. The van der Waals surface area contributed by atoms with Gasteiger partial charge in [-0.3, -0.25) is 0 Å². The van der Waals surface area contributed by atoms with Crippen LogP contribution < -0.4 is 4.90 Å². The van der Waals surface area contributed by atoms with E-state index in [1.54, 1.807) is 11.3 Å². The highest BCUT2D eigenvalue weighted by atomic mass is 32.1. The van der Waals surface area contributed by atoms with Crippen LogP contribution in [0.3, 0.4) is 0 Å². The Balaban J connectivity index is 2.20. The van der Waals surface area contributed by atoms with Crippen molar-refractivity contribution in [2.24, 2.45) is 0 Å². The van der Waals surface area contributed by atoms with Crippen molar-refractivity contribution in [2.75, 3.05) is 18.0 Å². The molecule has 0 radical (unpaired) electrons. The van der Waals surface area contributed by atoms with Gasteiger partial charge in [0, 0.05) is 24.8 Å². The molecule has 0 fully saturated rings. The van der Waals surface area contributed by atoms with Crippen molar-refractivity contribution >= 4 is 22.9 Å². The van der Waals surface area contributed by atoms with E-state index < -0.39 is 0 Å². The van der Waals surface area contributed by atoms with Crippen LogP contribution in [0.25, 0.3) is 16.5 Å². The second-order valence-corrected chi connectivity index (χ2v) is 5.50. The normalized spacial score (nSPS) is 11.2. The second-order valence-electron chi connectivity index (χ2n) is 4.55. The molecule has 3 rings (SSSR count). The molecule has 0 N–H and O–H groups in total. The summed E-state index contributed by atoms with van der Waals surface area (Å²) < 4.78 is 1.84.